The molecular weight excluding hydrogens is 172 g/mol. The molecule has 0 heterocycles. The summed E-state index contributed by atoms with van der Waals surface area (Å²) in [4.78, 5) is 11.1. The molecule has 1 heteroatoms. The van der Waals surface area contributed by atoms with Crippen LogP contribution in [0.1, 0.15) is 18.9 Å². The zero-order valence-corrected chi connectivity index (χ0v) is 8.16. The Kier molecular flexibility index (Phi) is 4.23. The van der Waals surface area contributed by atoms with Gasteiger partial charge in [-0.3, -0.25) is 4.79 Å². The molecular formula is C13H12O. The van der Waals surface area contributed by atoms with Gasteiger partial charge in [0, 0.05) is 5.56 Å². The van der Waals surface area contributed by atoms with Crippen molar-refractivity contribution in [3.8, 4) is 11.8 Å². The third-order valence-electron chi connectivity index (χ3n) is 1.61. The van der Waals surface area contributed by atoms with Gasteiger partial charge in [0.25, 0.3) is 0 Å². The zero-order valence-electron chi connectivity index (χ0n) is 8.16. The van der Waals surface area contributed by atoms with Crippen LogP contribution in [0.25, 0.3) is 0 Å². The van der Waals surface area contributed by atoms with Gasteiger partial charge in [-0.05, 0) is 30.6 Å². The third kappa shape index (κ3) is 3.73. The Balaban J connectivity index is 2.65. The number of hydrogen-bond acceptors (Lipinski definition) is 1. The maximum atomic E-state index is 11.1. The van der Waals surface area contributed by atoms with Crippen molar-refractivity contribution in [2.75, 3.05) is 0 Å². The molecule has 0 fully saturated rings. The highest BCUT2D eigenvalue weighted by atomic mass is 16.1. The standard InChI is InChI=1S/C13H12O/c1-2-3-9-13(14)11-10-12-7-5-4-6-8-12/h3-9H,2H2,1H3/b9-3+. The van der Waals surface area contributed by atoms with E-state index < -0.39 is 0 Å². The van der Waals surface area contributed by atoms with Crippen molar-refractivity contribution in [1.82, 2.24) is 0 Å². The molecule has 0 unspecified atom stereocenters. The summed E-state index contributed by atoms with van der Waals surface area (Å²) in [6.45, 7) is 1.98. The van der Waals surface area contributed by atoms with Gasteiger partial charge in [0.1, 0.15) is 0 Å². The summed E-state index contributed by atoms with van der Waals surface area (Å²) >= 11 is 0. The largest absolute Gasteiger partial charge is 0.280 e. The van der Waals surface area contributed by atoms with Gasteiger partial charge in [-0.25, -0.2) is 0 Å². The first-order valence-corrected chi connectivity index (χ1v) is 4.60. The summed E-state index contributed by atoms with van der Waals surface area (Å²) in [5.41, 5.74) is 0.866. The number of allylic oxidation sites excluding steroid dienone is 2. The smallest absolute Gasteiger partial charge is 0.228 e. The van der Waals surface area contributed by atoms with E-state index in [1.807, 2.05) is 43.3 Å². The third-order valence-corrected chi connectivity index (χ3v) is 1.61. The minimum Gasteiger partial charge on any atom is -0.280 e. The molecule has 0 aromatic heterocycles. The predicted molar refractivity (Wildman–Crippen MR) is 57.8 cm³/mol. The molecule has 0 spiro atoms. The average Bonchev–Trinajstić information content (AvgIpc) is 2.25. The number of carbonyl (C=O) groups excluding carboxylic acids is 1. The molecule has 0 N–H and O–H groups in total. The van der Waals surface area contributed by atoms with E-state index in [4.69, 9.17) is 0 Å². The first kappa shape index (κ1) is 10.3. The van der Waals surface area contributed by atoms with Gasteiger partial charge in [-0.2, -0.15) is 0 Å². The number of carbonyl (C=O) groups is 1. The Bertz CT molecular complexity index is 377. The fourth-order valence-corrected chi connectivity index (χ4v) is 0.922. The predicted octanol–water partition coefficient (Wildman–Crippen LogP) is 2.57. The van der Waals surface area contributed by atoms with Gasteiger partial charge in [0.05, 0.1) is 0 Å². The second-order valence-corrected chi connectivity index (χ2v) is 2.79. The van der Waals surface area contributed by atoms with E-state index in [-0.39, 0.29) is 5.78 Å². The van der Waals surface area contributed by atoms with E-state index >= 15 is 0 Å². The van der Waals surface area contributed by atoms with E-state index in [0.717, 1.165) is 12.0 Å². The van der Waals surface area contributed by atoms with Crippen molar-refractivity contribution in [2.45, 2.75) is 13.3 Å². The number of ketones is 1. The molecule has 1 rings (SSSR count). The lowest BCUT2D eigenvalue weighted by atomic mass is 10.2. The summed E-state index contributed by atoms with van der Waals surface area (Å²) < 4.78 is 0. The first-order chi connectivity index (χ1) is 6.83. The van der Waals surface area contributed by atoms with Crippen LogP contribution in [-0.4, -0.2) is 5.78 Å². The van der Waals surface area contributed by atoms with Gasteiger partial charge < -0.3 is 0 Å². The van der Waals surface area contributed by atoms with Gasteiger partial charge in [0.2, 0.25) is 5.78 Å². The normalized spacial score (nSPS) is 9.50. The summed E-state index contributed by atoms with van der Waals surface area (Å²) in [5, 5.41) is 0. The van der Waals surface area contributed by atoms with Crippen LogP contribution in [0, 0.1) is 11.8 Å². The molecule has 0 atom stereocenters. The first-order valence-electron chi connectivity index (χ1n) is 4.60. The second kappa shape index (κ2) is 5.77. The highest BCUT2D eigenvalue weighted by Gasteiger charge is 1.86. The summed E-state index contributed by atoms with van der Waals surface area (Å²) in [6.07, 6.45) is 4.18. The molecule has 0 radical (unpaired) electrons. The van der Waals surface area contributed by atoms with Gasteiger partial charge in [0.15, 0.2) is 0 Å². The monoisotopic (exact) mass is 184 g/mol. The zero-order chi connectivity index (χ0) is 10.2. The lowest BCUT2D eigenvalue weighted by Gasteiger charge is -1.85. The van der Waals surface area contributed by atoms with Crippen molar-refractivity contribution in [3.63, 3.8) is 0 Å². The van der Waals surface area contributed by atoms with Crippen LogP contribution in [-0.2, 0) is 4.79 Å². The van der Waals surface area contributed by atoms with E-state index in [1.54, 1.807) is 0 Å². The molecule has 0 aliphatic rings. The van der Waals surface area contributed by atoms with Crippen LogP contribution in [0.5, 0.6) is 0 Å². The van der Waals surface area contributed by atoms with E-state index in [2.05, 4.69) is 11.8 Å². The molecule has 0 amide bonds. The molecule has 0 saturated heterocycles. The van der Waals surface area contributed by atoms with E-state index in [0.29, 0.717) is 0 Å². The van der Waals surface area contributed by atoms with Crippen LogP contribution in [0.15, 0.2) is 42.5 Å². The molecule has 0 bridgehead atoms. The Labute approximate surface area is 84.5 Å². The van der Waals surface area contributed by atoms with Gasteiger partial charge >= 0.3 is 0 Å². The second-order valence-electron chi connectivity index (χ2n) is 2.79. The maximum absolute atomic E-state index is 11.1. The Morgan fingerprint density at radius 3 is 2.71 bits per heavy atom. The minimum absolute atomic E-state index is 0.143. The summed E-state index contributed by atoms with van der Waals surface area (Å²) in [6, 6.07) is 9.48. The lowest BCUT2D eigenvalue weighted by molar-refractivity contribution is -0.109. The van der Waals surface area contributed by atoms with E-state index in [9.17, 15) is 4.79 Å². The van der Waals surface area contributed by atoms with Crippen LogP contribution >= 0.6 is 0 Å². The Morgan fingerprint density at radius 2 is 2.07 bits per heavy atom. The SMILES string of the molecule is CC/C=C/C(=O)C#Cc1ccccc1. The van der Waals surface area contributed by atoms with Crippen LogP contribution in [0.3, 0.4) is 0 Å². The molecule has 0 saturated carbocycles. The van der Waals surface area contributed by atoms with Crippen LogP contribution in [0.2, 0.25) is 0 Å². The molecule has 70 valence electrons. The molecule has 1 nitrogen and oxygen atoms in total. The number of hydrogen-bond donors (Lipinski definition) is 0. The number of benzene rings is 1. The lowest BCUT2D eigenvalue weighted by Crippen LogP contribution is -1.85. The minimum atomic E-state index is -0.143. The molecule has 0 aliphatic heterocycles. The molecule has 14 heavy (non-hydrogen) atoms. The fraction of sp³-hybridized carbons (Fsp3) is 0.154. The quantitative estimate of drug-likeness (QED) is 0.510. The molecule has 1 aromatic carbocycles. The summed E-state index contributed by atoms with van der Waals surface area (Å²) in [7, 11) is 0. The summed E-state index contributed by atoms with van der Waals surface area (Å²) in [5.74, 6) is 5.22. The molecule has 0 aliphatic carbocycles. The fourth-order valence-electron chi connectivity index (χ4n) is 0.922. The highest BCUT2D eigenvalue weighted by Crippen LogP contribution is 1.94. The van der Waals surface area contributed by atoms with Gasteiger partial charge in [-0.15, -0.1) is 0 Å². The van der Waals surface area contributed by atoms with Crippen molar-refractivity contribution in [2.24, 2.45) is 0 Å². The van der Waals surface area contributed by atoms with Crippen LogP contribution < -0.4 is 0 Å². The van der Waals surface area contributed by atoms with Crippen molar-refractivity contribution >= 4 is 5.78 Å². The molecule has 1 aromatic rings. The number of rotatable bonds is 2. The maximum Gasteiger partial charge on any atom is 0.228 e. The van der Waals surface area contributed by atoms with Crippen molar-refractivity contribution < 1.29 is 4.79 Å². The Morgan fingerprint density at radius 1 is 1.36 bits per heavy atom. The van der Waals surface area contributed by atoms with Crippen molar-refractivity contribution in [3.05, 3.63) is 48.0 Å². The average molecular weight is 184 g/mol. The van der Waals surface area contributed by atoms with Gasteiger partial charge in [-0.1, -0.05) is 37.1 Å². The van der Waals surface area contributed by atoms with Crippen molar-refractivity contribution in [1.29, 1.82) is 0 Å². The van der Waals surface area contributed by atoms with Crippen LogP contribution in [0.4, 0.5) is 0 Å². The highest BCUT2D eigenvalue weighted by molar-refractivity contribution is 6.04. The Hall–Kier alpha value is -1.81. The van der Waals surface area contributed by atoms with E-state index in [1.165, 1.54) is 6.08 Å². The topological polar surface area (TPSA) is 17.1 Å².